The van der Waals surface area contributed by atoms with Gasteiger partial charge < -0.3 is 10.1 Å². The Morgan fingerprint density at radius 3 is 2.89 bits per heavy atom. The minimum absolute atomic E-state index is 0.105. The molecule has 0 aliphatic heterocycles. The highest BCUT2D eigenvalue weighted by molar-refractivity contribution is 7.89. The van der Waals surface area contributed by atoms with Crippen molar-refractivity contribution in [3.63, 3.8) is 0 Å². The second-order valence-corrected chi connectivity index (χ2v) is 5.56. The molecule has 8 heteroatoms. The smallest absolute Gasteiger partial charge is 0.242 e. The van der Waals surface area contributed by atoms with Crippen molar-refractivity contribution in [2.45, 2.75) is 18.0 Å². The quantitative estimate of drug-likeness (QED) is 0.695. The summed E-state index contributed by atoms with van der Waals surface area (Å²) in [5, 5.41) is 12.8. The molecule has 0 aliphatic carbocycles. The van der Waals surface area contributed by atoms with E-state index in [0.717, 1.165) is 5.69 Å². The highest BCUT2D eigenvalue weighted by Gasteiger charge is 2.16. The number of hydrogen-bond acceptors (Lipinski definition) is 4. The Morgan fingerprint density at radius 2 is 2.33 bits per heavy atom. The van der Waals surface area contributed by atoms with E-state index in [9.17, 15) is 8.42 Å². The van der Waals surface area contributed by atoms with Gasteiger partial charge >= 0.3 is 0 Å². The number of hydrogen-bond donors (Lipinski definition) is 3. The van der Waals surface area contributed by atoms with Crippen molar-refractivity contribution in [1.82, 2.24) is 19.5 Å². The molecule has 0 spiro atoms. The van der Waals surface area contributed by atoms with E-state index in [0.29, 0.717) is 5.69 Å². The van der Waals surface area contributed by atoms with Crippen molar-refractivity contribution in [3.8, 4) is 0 Å². The van der Waals surface area contributed by atoms with Gasteiger partial charge in [0, 0.05) is 25.1 Å². The first kappa shape index (κ1) is 12.8. The highest BCUT2D eigenvalue weighted by Crippen LogP contribution is 2.11. The monoisotopic (exact) mass is 270 g/mol. The molecule has 0 saturated carbocycles. The van der Waals surface area contributed by atoms with Gasteiger partial charge in [-0.2, -0.15) is 5.10 Å². The Balaban J connectivity index is 2.10. The molecule has 0 radical (unpaired) electrons. The van der Waals surface area contributed by atoms with Crippen LogP contribution < -0.4 is 4.72 Å². The lowest BCUT2D eigenvalue weighted by molar-refractivity contribution is 0.277. The molecule has 18 heavy (non-hydrogen) atoms. The van der Waals surface area contributed by atoms with E-state index >= 15 is 0 Å². The SMILES string of the molecule is Cn1nccc1CNS(=O)(=O)c1c[nH]c(CO)c1. The van der Waals surface area contributed by atoms with Gasteiger partial charge in [0.15, 0.2) is 0 Å². The Kier molecular flexibility index (Phi) is 3.50. The van der Waals surface area contributed by atoms with Gasteiger partial charge in [-0.3, -0.25) is 4.68 Å². The van der Waals surface area contributed by atoms with E-state index in [-0.39, 0.29) is 18.0 Å². The fourth-order valence-electron chi connectivity index (χ4n) is 1.49. The van der Waals surface area contributed by atoms with Crippen LogP contribution in [0.3, 0.4) is 0 Å². The average molecular weight is 270 g/mol. The molecule has 2 aromatic rings. The summed E-state index contributed by atoms with van der Waals surface area (Å²) in [5.41, 5.74) is 1.22. The van der Waals surface area contributed by atoms with Crippen molar-refractivity contribution >= 4 is 10.0 Å². The molecule has 0 atom stereocenters. The maximum Gasteiger partial charge on any atom is 0.242 e. The number of rotatable bonds is 5. The van der Waals surface area contributed by atoms with Gasteiger partial charge in [0.1, 0.15) is 0 Å². The second kappa shape index (κ2) is 4.92. The fourth-order valence-corrected chi connectivity index (χ4v) is 2.51. The van der Waals surface area contributed by atoms with Gasteiger partial charge in [-0.05, 0) is 12.1 Å². The molecular formula is C10H14N4O3S. The maximum atomic E-state index is 11.9. The van der Waals surface area contributed by atoms with Crippen LogP contribution in [0.2, 0.25) is 0 Å². The summed E-state index contributed by atoms with van der Waals surface area (Å²) in [6.45, 7) is -0.0598. The first-order valence-corrected chi connectivity index (χ1v) is 6.76. The molecule has 0 aromatic carbocycles. The largest absolute Gasteiger partial charge is 0.390 e. The number of aryl methyl sites for hydroxylation is 1. The summed E-state index contributed by atoms with van der Waals surface area (Å²) in [6, 6.07) is 3.13. The lowest BCUT2D eigenvalue weighted by Crippen LogP contribution is -2.24. The zero-order valence-electron chi connectivity index (χ0n) is 9.79. The average Bonchev–Trinajstić information content (AvgIpc) is 2.95. The molecule has 0 saturated heterocycles. The van der Waals surface area contributed by atoms with Crippen LogP contribution in [0.4, 0.5) is 0 Å². The van der Waals surface area contributed by atoms with Crippen molar-refractivity contribution < 1.29 is 13.5 Å². The number of nitrogens with zero attached hydrogens (tertiary/aromatic N) is 2. The van der Waals surface area contributed by atoms with E-state index in [1.54, 1.807) is 24.0 Å². The molecule has 2 rings (SSSR count). The number of aromatic nitrogens is 3. The van der Waals surface area contributed by atoms with Crippen LogP contribution in [0, 0.1) is 0 Å². The van der Waals surface area contributed by atoms with Crippen LogP contribution in [0.1, 0.15) is 11.4 Å². The van der Waals surface area contributed by atoms with Gasteiger partial charge in [0.25, 0.3) is 0 Å². The van der Waals surface area contributed by atoms with Crippen LogP contribution in [-0.2, 0) is 30.2 Å². The van der Waals surface area contributed by atoms with Crippen LogP contribution in [0.25, 0.3) is 0 Å². The van der Waals surface area contributed by atoms with Gasteiger partial charge in [0.05, 0.1) is 23.7 Å². The van der Waals surface area contributed by atoms with Crippen molar-refractivity contribution in [3.05, 3.63) is 35.9 Å². The van der Waals surface area contributed by atoms with E-state index in [2.05, 4.69) is 14.8 Å². The van der Waals surface area contributed by atoms with Crippen molar-refractivity contribution in [2.75, 3.05) is 0 Å². The predicted molar refractivity (Wildman–Crippen MR) is 63.9 cm³/mol. The highest BCUT2D eigenvalue weighted by atomic mass is 32.2. The third-order valence-corrected chi connectivity index (χ3v) is 3.94. The number of aliphatic hydroxyl groups is 1. The maximum absolute atomic E-state index is 11.9. The summed E-state index contributed by atoms with van der Waals surface area (Å²) < 4.78 is 27.9. The molecule has 0 bridgehead atoms. The molecule has 0 unspecified atom stereocenters. The molecule has 2 aromatic heterocycles. The normalized spacial score (nSPS) is 11.9. The Hall–Kier alpha value is -1.64. The van der Waals surface area contributed by atoms with Gasteiger partial charge in [-0.1, -0.05) is 0 Å². The molecule has 7 nitrogen and oxygen atoms in total. The van der Waals surface area contributed by atoms with E-state index in [4.69, 9.17) is 5.11 Å². The fraction of sp³-hybridized carbons (Fsp3) is 0.300. The standard InChI is InChI=1S/C10H14N4O3S/c1-14-9(2-3-12-14)5-13-18(16,17)10-4-8(7-15)11-6-10/h2-4,6,11,13,15H,5,7H2,1H3. The number of aliphatic hydroxyl groups excluding tert-OH is 1. The number of H-pyrrole nitrogens is 1. The zero-order valence-corrected chi connectivity index (χ0v) is 10.6. The summed E-state index contributed by atoms with van der Waals surface area (Å²) in [6.07, 6.45) is 2.95. The van der Waals surface area contributed by atoms with E-state index in [1.165, 1.54) is 12.3 Å². The molecule has 0 amide bonds. The molecule has 2 heterocycles. The Labute approximate surface area is 105 Å². The summed E-state index contributed by atoms with van der Waals surface area (Å²) in [4.78, 5) is 2.78. The predicted octanol–water partition coefficient (Wildman–Crippen LogP) is -0.281. The zero-order chi connectivity index (χ0) is 13.2. The number of sulfonamides is 1. The number of nitrogens with one attached hydrogen (secondary N) is 2. The Bertz CT molecular complexity index is 629. The number of aromatic amines is 1. The van der Waals surface area contributed by atoms with Crippen LogP contribution in [0.5, 0.6) is 0 Å². The summed E-state index contributed by atoms with van der Waals surface area (Å²) in [7, 11) is -1.84. The molecule has 98 valence electrons. The van der Waals surface area contributed by atoms with E-state index < -0.39 is 10.0 Å². The van der Waals surface area contributed by atoms with Gasteiger partial charge in [-0.15, -0.1) is 0 Å². The van der Waals surface area contributed by atoms with Crippen molar-refractivity contribution in [1.29, 1.82) is 0 Å². The van der Waals surface area contributed by atoms with Crippen LogP contribution in [0.15, 0.2) is 29.4 Å². The molecule has 0 fully saturated rings. The first-order chi connectivity index (χ1) is 8.53. The lowest BCUT2D eigenvalue weighted by atomic mass is 10.4. The third-order valence-electron chi connectivity index (χ3n) is 2.56. The Morgan fingerprint density at radius 1 is 1.56 bits per heavy atom. The summed E-state index contributed by atoms with van der Waals surface area (Å²) >= 11 is 0. The van der Waals surface area contributed by atoms with Crippen molar-refractivity contribution in [2.24, 2.45) is 7.05 Å². The van der Waals surface area contributed by atoms with Gasteiger partial charge in [0.2, 0.25) is 10.0 Å². The molecule has 3 N–H and O–H groups in total. The van der Waals surface area contributed by atoms with Crippen LogP contribution >= 0.6 is 0 Å². The first-order valence-electron chi connectivity index (χ1n) is 5.27. The van der Waals surface area contributed by atoms with E-state index in [1.807, 2.05) is 0 Å². The van der Waals surface area contributed by atoms with Gasteiger partial charge in [-0.25, -0.2) is 13.1 Å². The minimum atomic E-state index is -3.58. The molecular weight excluding hydrogens is 256 g/mol. The molecule has 0 aliphatic rings. The van der Waals surface area contributed by atoms with Crippen LogP contribution in [-0.4, -0.2) is 28.3 Å². The third kappa shape index (κ3) is 2.61. The minimum Gasteiger partial charge on any atom is -0.390 e. The second-order valence-electron chi connectivity index (χ2n) is 3.79. The summed E-state index contributed by atoms with van der Waals surface area (Å²) in [5.74, 6) is 0. The topological polar surface area (TPSA) is 100 Å². The lowest BCUT2D eigenvalue weighted by Gasteiger charge is -2.05.